The van der Waals surface area contributed by atoms with E-state index < -0.39 is 10.9 Å². The lowest BCUT2D eigenvalue weighted by Gasteiger charge is -2.07. The number of esters is 1. The summed E-state index contributed by atoms with van der Waals surface area (Å²) >= 11 is 3.40. The molecule has 1 aliphatic rings. The number of nitrogens with zero attached hydrogens (tertiary/aromatic N) is 3. The molecule has 0 bridgehead atoms. The van der Waals surface area contributed by atoms with Crippen LogP contribution in [0.15, 0.2) is 28.4 Å². The number of Topliss-reactive ketones (excluding diaryl/α,β-unsaturated/α-hetero) is 1. The second kappa shape index (κ2) is 6.25. The predicted molar refractivity (Wildman–Crippen MR) is 91.3 cm³/mol. The predicted octanol–water partition coefficient (Wildman–Crippen LogP) is 2.84. The Labute approximate surface area is 150 Å². The number of carbonyl (C=O) groups excluding carboxylic acids is 2. The Bertz CT molecular complexity index is 961. The van der Waals surface area contributed by atoms with Crippen LogP contribution in [-0.2, 0) is 18.3 Å². The van der Waals surface area contributed by atoms with E-state index >= 15 is 0 Å². The largest absolute Gasteiger partial charge is 0.426 e. The van der Waals surface area contributed by atoms with Gasteiger partial charge in [0, 0.05) is 29.5 Å². The molecule has 0 aliphatic heterocycles. The number of hydrogen-bond acceptors (Lipinski definition) is 6. The first kappa shape index (κ1) is 17.0. The van der Waals surface area contributed by atoms with E-state index in [9.17, 15) is 19.7 Å². The van der Waals surface area contributed by atoms with E-state index in [1.165, 1.54) is 24.6 Å². The average Bonchev–Trinajstić information content (AvgIpc) is 3.05. The molecule has 25 heavy (non-hydrogen) atoms. The summed E-state index contributed by atoms with van der Waals surface area (Å²) in [5.41, 5.74) is 1.44. The van der Waals surface area contributed by atoms with Gasteiger partial charge in [0.05, 0.1) is 12.6 Å². The molecule has 0 radical (unpaired) electrons. The number of halogens is 1. The Morgan fingerprint density at radius 3 is 2.80 bits per heavy atom. The highest BCUT2D eigenvalue weighted by Gasteiger charge is 2.32. The lowest BCUT2D eigenvalue weighted by Crippen LogP contribution is -2.07. The lowest BCUT2D eigenvalue weighted by molar-refractivity contribution is -0.391. The van der Waals surface area contributed by atoms with Crippen LogP contribution >= 0.6 is 15.9 Å². The fourth-order valence-electron chi connectivity index (χ4n) is 2.68. The molecular formula is C16H12BrN3O5. The molecule has 128 valence electrons. The molecule has 1 aliphatic carbocycles. The third-order valence-electron chi connectivity index (χ3n) is 3.85. The standard InChI is InChI=1S/C16H12BrN3O5/c1-8(21)25-12-4-3-11(17)10-5-9(16(22)15(10)12)6-13-18-7-14(19(13)2)20(23)24/h3-4,6-7H,5H2,1-2H3. The van der Waals surface area contributed by atoms with Gasteiger partial charge >= 0.3 is 11.8 Å². The van der Waals surface area contributed by atoms with Crippen molar-refractivity contribution < 1.29 is 19.2 Å². The third kappa shape index (κ3) is 2.98. The number of rotatable bonds is 3. The summed E-state index contributed by atoms with van der Waals surface area (Å²) in [5, 5.41) is 10.9. The van der Waals surface area contributed by atoms with E-state index in [0.717, 1.165) is 10.7 Å². The minimum Gasteiger partial charge on any atom is -0.426 e. The van der Waals surface area contributed by atoms with Gasteiger partial charge in [0.1, 0.15) is 11.9 Å². The van der Waals surface area contributed by atoms with Crippen LogP contribution in [0, 0.1) is 10.1 Å². The van der Waals surface area contributed by atoms with Crippen molar-refractivity contribution in [1.82, 2.24) is 9.55 Å². The number of benzene rings is 1. The quantitative estimate of drug-likeness (QED) is 0.255. The van der Waals surface area contributed by atoms with Gasteiger partial charge in [0.25, 0.3) is 0 Å². The number of nitro groups is 1. The van der Waals surface area contributed by atoms with Gasteiger partial charge in [0.2, 0.25) is 5.82 Å². The fraction of sp³-hybridized carbons (Fsp3) is 0.188. The highest BCUT2D eigenvalue weighted by molar-refractivity contribution is 9.10. The molecule has 9 heteroatoms. The zero-order valence-corrected chi connectivity index (χ0v) is 14.9. The normalized spacial score (nSPS) is 14.7. The van der Waals surface area contributed by atoms with Crippen molar-refractivity contribution in [2.45, 2.75) is 13.3 Å². The number of fused-ring (bicyclic) bond motifs is 1. The van der Waals surface area contributed by atoms with Gasteiger partial charge in [-0.2, -0.15) is 0 Å². The second-order valence-corrected chi connectivity index (χ2v) is 6.31. The molecule has 1 aromatic carbocycles. The summed E-state index contributed by atoms with van der Waals surface area (Å²) in [6.07, 6.45) is 2.96. The zero-order chi connectivity index (χ0) is 18.3. The van der Waals surface area contributed by atoms with Crippen molar-refractivity contribution >= 4 is 39.6 Å². The van der Waals surface area contributed by atoms with Crippen molar-refractivity contribution in [2.75, 3.05) is 0 Å². The first-order valence-electron chi connectivity index (χ1n) is 7.20. The molecule has 1 aromatic heterocycles. The summed E-state index contributed by atoms with van der Waals surface area (Å²) in [6, 6.07) is 3.26. The highest BCUT2D eigenvalue weighted by Crippen LogP contribution is 2.38. The topological polar surface area (TPSA) is 104 Å². The zero-order valence-electron chi connectivity index (χ0n) is 13.3. The Morgan fingerprint density at radius 1 is 1.48 bits per heavy atom. The molecule has 0 amide bonds. The molecule has 0 atom stereocenters. The van der Waals surface area contributed by atoms with Crippen molar-refractivity contribution in [1.29, 1.82) is 0 Å². The Kier molecular flexibility index (Phi) is 4.25. The molecule has 3 rings (SSSR count). The average molecular weight is 406 g/mol. The molecule has 8 nitrogen and oxygen atoms in total. The van der Waals surface area contributed by atoms with E-state index in [4.69, 9.17) is 4.74 Å². The number of allylic oxidation sites excluding steroid dienone is 1. The van der Waals surface area contributed by atoms with Crippen LogP contribution in [0.4, 0.5) is 5.82 Å². The maximum Gasteiger partial charge on any atom is 0.342 e. The molecule has 0 saturated heterocycles. The molecular weight excluding hydrogens is 394 g/mol. The van der Waals surface area contributed by atoms with Crippen LogP contribution < -0.4 is 4.74 Å². The third-order valence-corrected chi connectivity index (χ3v) is 4.59. The van der Waals surface area contributed by atoms with E-state index in [1.807, 2.05) is 0 Å². The first-order valence-corrected chi connectivity index (χ1v) is 8.00. The molecule has 0 fully saturated rings. The van der Waals surface area contributed by atoms with Gasteiger partial charge in [-0.05, 0) is 22.6 Å². The van der Waals surface area contributed by atoms with Gasteiger partial charge in [0.15, 0.2) is 5.78 Å². The van der Waals surface area contributed by atoms with Crippen molar-refractivity contribution in [3.63, 3.8) is 0 Å². The minimum atomic E-state index is -0.546. The number of imidazole rings is 1. The van der Waals surface area contributed by atoms with E-state index in [2.05, 4.69) is 20.9 Å². The van der Waals surface area contributed by atoms with Crippen LogP contribution in [0.1, 0.15) is 28.7 Å². The second-order valence-electron chi connectivity index (χ2n) is 5.46. The lowest BCUT2D eigenvalue weighted by atomic mass is 10.1. The maximum absolute atomic E-state index is 12.8. The monoisotopic (exact) mass is 405 g/mol. The molecule has 0 saturated carbocycles. The van der Waals surface area contributed by atoms with Gasteiger partial charge in [-0.1, -0.05) is 15.9 Å². The van der Waals surface area contributed by atoms with E-state index in [1.54, 1.807) is 12.1 Å². The van der Waals surface area contributed by atoms with Gasteiger partial charge < -0.3 is 14.9 Å². The summed E-state index contributed by atoms with van der Waals surface area (Å²) < 4.78 is 7.14. The van der Waals surface area contributed by atoms with Crippen molar-refractivity contribution in [3.05, 3.63) is 55.4 Å². The van der Waals surface area contributed by atoms with Crippen molar-refractivity contribution in [2.24, 2.45) is 7.05 Å². The summed E-state index contributed by atoms with van der Waals surface area (Å²) in [7, 11) is 1.50. The Hall–Kier alpha value is -2.81. The van der Waals surface area contributed by atoms with Crippen LogP contribution in [-0.4, -0.2) is 26.2 Å². The maximum atomic E-state index is 12.8. The summed E-state index contributed by atoms with van der Waals surface area (Å²) in [4.78, 5) is 38.4. The molecule has 0 spiro atoms. The Morgan fingerprint density at radius 2 is 2.20 bits per heavy atom. The SMILES string of the molecule is CC(=O)Oc1ccc(Br)c2c1C(=O)C(=Cc1ncc([N+](=O)[O-])n1C)C2. The molecule has 2 aromatic rings. The van der Waals surface area contributed by atoms with Crippen LogP contribution in [0.25, 0.3) is 6.08 Å². The fourth-order valence-corrected chi connectivity index (χ4v) is 3.16. The summed E-state index contributed by atoms with van der Waals surface area (Å²) in [6.45, 7) is 1.26. The first-order chi connectivity index (χ1) is 11.8. The molecule has 1 heterocycles. The molecule has 0 N–H and O–H groups in total. The van der Waals surface area contributed by atoms with E-state index in [0.29, 0.717) is 28.9 Å². The number of carbonyl (C=O) groups is 2. The van der Waals surface area contributed by atoms with Gasteiger partial charge in [-0.15, -0.1) is 0 Å². The van der Waals surface area contributed by atoms with Gasteiger partial charge in [-0.25, -0.2) is 9.55 Å². The summed E-state index contributed by atoms with van der Waals surface area (Å²) in [5.74, 6) is -0.484. The molecule has 0 unspecified atom stereocenters. The van der Waals surface area contributed by atoms with Crippen LogP contribution in [0.5, 0.6) is 5.75 Å². The number of ether oxygens (including phenoxy) is 1. The van der Waals surface area contributed by atoms with Crippen molar-refractivity contribution in [3.8, 4) is 5.75 Å². The van der Waals surface area contributed by atoms with E-state index in [-0.39, 0.29) is 17.4 Å². The van der Waals surface area contributed by atoms with Gasteiger partial charge in [-0.3, -0.25) is 9.59 Å². The number of ketones is 1. The smallest absolute Gasteiger partial charge is 0.342 e. The highest BCUT2D eigenvalue weighted by atomic mass is 79.9. The number of hydrogen-bond donors (Lipinski definition) is 0. The van der Waals surface area contributed by atoms with Crippen LogP contribution in [0.3, 0.4) is 0 Å². The number of aromatic nitrogens is 2. The minimum absolute atomic E-state index is 0.170. The Balaban J connectivity index is 2.05. The van der Waals surface area contributed by atoms with Crippen LogP contribution in [0.2, 0.25) is 0 Å².